The second-order valence-electron chi connectivity index (χ2n) is 9.15. The number of aliphatic hydroxyl groups is 1. The first-order chi connectivity index (χ1) is 16.1. The van der Waals surface area contributed by atoms with Crippen molar-refractivity contribution in [2.75, 3.05) is 6.61 Å². The van der Waals surface area contributed by atoms with E-state index in [0.29, 0.717) is 12.8 Å². The average molecular weight is 463 g/mol. The molecule has 0 spiro atoms. The fourth-order valence-electron chi connectivity index (χ4n) is 4.50. The molecule has 0 bridgehead atoms. The van der Waals surface area contributed by atoms with Gasteiger partial charge in [-0.3, -0.25) is 0 Å². The average Bonchev–Trinajstić information content (AvgIpc) is 2.84. The predicted octanol–water partition coefficient (Wildman–Crippen LogP) is 4.77. The lowest BCUT2D eigenvalue weighted by Gasteiger charge is -2.30. The summed E-state index contributed by atoms with van der Waals surface area (Å²) in [6.45, 7) is 0.0977. The van der Waals surface area contributed by atoms with Crippen LogP contribution in [0.25, 0.3) is 0 Å². The topological polar surface area (TPSA) is 108 Å². The molecule has 2 fully saturated rings. The Morgan fingerprint density at radius 3 is 2.00 bits per heavy atom. The van der Waals surface area contributed by atoms with Gasteiger partial charge in [0.05, 0.1) is 0 Å². The fraction of sp³-hybridized carbons (Fsp3) is 0.692. The third kappa shape index (κ3) is 12.1. The Morgan fingerprint density at radius 1 is 0.909 bits per heavy atom. The summed E-state index contributed by atoms with van der Waals surface area (Å²) >= 11 is 0. The van der Waals surface area contributed by atoms with Crippen molar-refractivity contribution in [1.82, 2.24) is 10.6 Å². The largest absolute Gasteiger partial charge is 0.480 e. The monoisotopic (exact) mass is 462 g/mol. The SMILES string of the molecule is C1CCC(NC2CCCCC2)CC1.O=C(N[C@@H](CCCCO)C(=O)O)OCc1ccccc1. The van der Waals surface area contributed by atoms with Crippen LogP contribution in [0.15, 0.2) is 30.3 Å². The van der Waals surface area contributed by atoms with Crippen LogP contribution in [0.4, 0.5) is 4.79 Å². The third-order valence-corrected chi connectivity index (χ3v) is 6.39. The third-order valence-electron chi connectivity index (χ3n) is 6.39. The molecule has 1 amide bonds. The van der Waals surface area contributed by atoms with Crippen LogP contribution in [0.2, 0.25) is 0 Å². The Labute approximate surface area is 198 Å². The second kappa shape index (κ2) is 16.5. The fourth-order valence-corrected chi connectivity index (χ4v) is 4.50. The van der Waals surface area contributed by atoms with Gasteiger partial charge in [-0.2, -0.15) is 0 Å². The molecule has 1 atom stereocenters. The summed E-state index contributed by atoms with van der Waals surface area (Å²) in [5.74, 6) is -1.11. The van der Waals surface area contributed by atoms with Gasteiger partial charge in [0.15, 0.2) is 0 Å². The molecule has 0 aliphatic heterocycles. The molecule has 0 saturated heterocycles. The number of benzene rings is 1. The van der Waals surface area contributed by atoms with E-state index < -0.39 is 18.1 Å². The smallest absolute Gasteiger partial charge is 0.408 e. The van der Waals surface area contributed by atoms with Crippen molar-refractivity contribution in [1.29, 1.82) is 0 Å². The van der Waals surface area contributed by atoms with Crippen molar-refractivity contribution in [3.05, 3.63) is 35.9 Å². The molecule has 4 N–H and O–H groups in total. The lowest BCUT2D eigenvalue weighted by molar-refractivity contribution is -0.139. The molecule has 186 valence electrons. The zero-order valence-electron chi connectivity index (χ0n) is 19.8. The lowest BCUT2D eigenvalue weighted by Crippen LogP contribution is -2.41. The molecule has 0 radical (unpaired) electrons. The van der Waals surface area contributed by atoms with Crippen LogP contribution in [0.3, 0.4) is 0 Å². The molecule has 2 aliphatic rings. The van der Waals surface area contributed by atoms with Gasteiger partial charge in [0.1, 0.15) is 12.6 Å². The standard InChI is InChI=1S/C14H19NO5.C12H23N/c16-9-5-4-8-12(13(17)18)15-14(19)20-10-11-6-2-1-3-7-11;1-3-7-11(8-4-1)13-12-9-5-2-6-10-12/h1-3,6-7,12,16H,4-5,8-10H2,(H,15,19)(H,17,18);11-13H,1-10H2/t12-;/m0./s1. The molecule has 0 unspecified atom stereocenters. The van der Waals surface area contributed by atoms with E-state index in [1.807, 2.05) is 30.3 Å². The van der Waals surface area contributed by atoms with E-state index in [1.165, 1.54) is 64.2 Å². The van der Waals surface area contributed by atoms with E-state index in [4.69, 9.17) is 14.9 Å². The number of alkyl carbamates (subject to hydrolysis) is 1. The molecule has 2 saturated carbocycles. The maximum Gasteiger partial charge on any atom is 0.408 e. The number of aliphatic carboxylic acids is 1. The van der Waals surface area contributed by atoms with E-state index in [2.05, 4.69) is 10.6 Å². The summed E-state index contributed by atoms with van der Waals surface area (Å²) in [7, 11) is 0. The van der Waals surface area contributed by atoms with Gasteiger partial charge >= 0.3 is 12.1 Å². The molecular formula is C26H42N2O5. The highest BCUT2D eigenvalue weighted by Gasteiger charge is 2.20. The zero-order chi connectivity index (χ0) is 23.7. The van der Waals surface area contributed by atoms with E-state index in [0.717, 1.165) is 17.6 Å². The minimum Gasteiger partial charge on any atom is -0.480 e. The number of carbonyl (C=O) groups excluding carboxylic acids is 1. The number of hydrogen-bond acceptors (Lipinski definition) is 5. The van der Waals surface area contributed by atoms with Gasteiger partial charge in [-0.25, -0.2) is 9.59 Å². The highest BCUT2D eigenvalue weighted by Crippen LogP contribution is 2.22. The summed E-state index contributed by atoms with van der Waals surface area (Å²) < 4.78 is 4.95. The molecule has 0 heterocycles. The lowest BCUT2D eigenvalue weighted by atomic mass is 9.91. The number of aliphatic hydroxyl groups excluding tert-OH is 1. The summed E-state index contributed by atoms with van der Waals surface area (Å²) in [5, 5.41) is 23.8. The summed E-state index contributed by atoms with van der Waals surface area (Å²) in [4.78, 5) is 22.5. The summed E-state index contributed by atoms with van der Waals surface area (Å²) in [6.07, 6.45) is 15.1. The number of unbranched alkanes of at least 4 members (excludes halogenated alkanes) is 1. The van der Waals surface area contributed by atoms with E-state index in [1.54, 1.807) is 0 Å². The van der Waals surface area contributed by atoms with Crippen LogP contribution in [-0.2, 0) is 16.1 Å². The van der Waals surface area contributed by atoms with Crippen molar-refractivity contribution in [2.24, 2.45) is 0 Å². The zero-order valence-corrected chi connectivity index (χ0v) is 19.8. The number of ether oxygens (including phenoxy) is 1. The number of carboxylic acid groups (broad SMARTS) is 1. The molecular weight excluding hydrogens is 420 g/mol. The van der Waals surface area contributed by atoms with E-state index >= 15 is 0 Å². The van der Waals surface area contributed by atoms with Crippen LogP contribution in [0.5, 0.6) is 0 Å². The van der Waals surface area contributed by atoms with Crippen molar-refractivity contribution in [2.45, 2.75) is 108 Å². The first-order valence-electron chi connectivity index (χ1n) is 12.7. The quantitative estimate of drug-likeness (QED) is 0.373. The van der Waals surface area contributed by atoms with Crippen molar-refractivity contribution in [3.8, 4) is 0 Å². The number of carbonyl (C=O) groups is 2. The van der Waals surface area contributed by atoms with Crippen LogP contribution in [0.1, 0.15) is 89.0 Å². The molecule has 1 aromatic rings. The summed E-state index contributed by atoms with van der Waals surface area (Å²) in [6, 6.07) is 9.87. The Bertz CT molecular complexity index is 642. The van der Waals surface area contributed by atoms with E-state index in [9.17, 15) is 9.59 Å². The second-order valence-corrected chi connectivity index (χ2v) is 9.15. The normalized spacial score (nSPS) is 18.0. The Morgan fingerprint density at radius 2 is 1.48 bits per heavy atom. The summed E-state index contributed by atoms with van der Waals surface area (Å²) in [5.41, 5.74) is 0.829. The minimum atomic E-state index is -1.11. The Kier molecular flexibility index (Phi) is 13.6. The maximum atomic E-state index is 11.5. The number of hydrogen-bond donors (Lipinski definition) is 4. The molecule has 3 rings (SSSR count). The molecule has 33 heavy (non-hydrogen) atoms. The van der Waals surface area contributed by atoms with Crippen molar-refractivity contribution < 1.29 is 24.5 Å². The van der Waals surface area contributed by atoms with Gasteiger partial charge in [-0.15, -0.1) is 0 Å². The van der Waals surface area contributed by atoms with Crippen molar-refractivity contribution in [3.63, 3.8) is 0 Å². The van der Waals surface area contributed by atoms with Crippen LogP contribution in [0, 0.1) is 0 Å². The number of amides is 1. The number of carboxylic acids is 1. The maximum absolute atomic E-state index is 11.5. The first kappa shape index (κ1) is 27.1. The highest BCUT2D eigenvalue weighted by atomic mass is 16.5. The Balaban J connectivity index is 0.000000254. The van der Waals surface area contributed by atoms with Gasteiger partial charge in [-0.05, 0) is 50.5 Å². The van der Waals surface area contributed by atoms with Gasteiger partial charge in [0, 0.05) is 18.7 Å². The molecule has 0 aromatic heterocycles. The minimum absolute atomic E-state index is 0.00475. The van der Waals surface area contributed by atoms with Gasteiger partial charge < -0.3 is 25.6 Å². The molecule has 1 aromatic carbocycles. The van der Waals surface area contributed by atoms with Crippen LogP contribution < -0.4 is 10.6 Å². The predicted molar refractivity (Wildman–Crippen MR) is 129 cm³/mol. The first-order valence-corrected chi connectivity index (χ1v) is 12.7. The molecule has 7 heteroatoms. The van der Waals surface area contributed by atoms with Crippen LogP contribution in [-0.4, -0.2) is 47.0 Å². The number of rotatable bonds is 10. The van der Waals surface area contributed by atoms with Gasteiger partial charge in [-0.1, -0.05) is 68.9 Å². The molecule has 7 nitrogen and oxygen atoms in total. The van der Waals surface area contributed by atoms with Gasteiger partial charge in [0.2, 0.25) is 0 Å². The highest BCUT2D eigenvalue weighted by molar-refractivity contribution is 5.79. The number of nitrogens with one attached hydrogen (secondary N) is 2. The van der Waals surface area contributed by atoms with Crippen molar-refractivity contribution >= 4 is 12.1 Å². The Hall–Kier alpha value is -2.12. The van der Waals surface area contributed by atoms with E-state index in [-0.39, 0.29) is 19.6 Å². The molecule has 2 aliphatic carbocycles. The van der Waals surface area contributed by atoms with Crippen LogP contribution >= 0.6 is 0 Å². The van der Waals surface area contributed by atoms with Gasteiger partial charge in [0.25, 0.3) is 0 Å².